The van der Waals surface area contributed by atoms with Gasteiger partial charge >= 0.3 is 7.60 Å². The molecule has 0 rings (SSSR count). The third-order valence-electron chi connectivity index (χ3n) is 3.72. The zero-order valence-corrected chi connectivity index (χ0v) is 14.9. The SMILES string of the molecule is CCCCCCOP(=O)(CC)OCC(CC)CCCC. The molecule has 0 aromatic rings. The first-order valence-electron chi connectivity index (χ1n) is 8.49. The lowest BCUT2D eigenvalue weighted by molar-refractivity contribution is 0.170. The summed E-state index contributed by atoms with van der Waals surface area (Å²) in [6.45, 7) is 9.59. The molecule has 2 unspecified atom stereocenters. The zero-order valence-electron chi connectivity index (χ0n) is 14.0. The molecule has 0 saturated heterocycles. The fourth-order valence-corrected chi connectivity index (χ4v) is 3.35. The van der Waals surface area contributed by atoms with Crippen LogP contribution in [0.2, 0.25) is 0 Å². The molecule has 0 aliphatic carbocycles. The van der Waals surface area contributed by atoms with Crippen molar-refractivity contribution in [3.63, 3.8) is 0 Å². The highest BCUT2D eigenvalue weighted by Gasteiger charge is 2.23. The van der Waals surface area contributed by atoms with E-state index in [-0.39, 0.29) is 0 Å². The molecule has 0 saturated carbocycles. The molecule has 122 valence electrons. The van der Waals surface area contributed by atoms with Crippen LogP contribution in [0.3, 0.4) is 0 Å². The maximum Gasteiger partial charge on any atom is 0.330 e. The van der Waals surface area contributed by atoms with E-state index in [4.69, 9.17) is 9.05 Å². The Morgan fingerprint density at radius 3 is 2.15 bits per heavy atom. The lowest BCUT2D eigenvalue weighted by atomic mass is 10.0. The molecule has 0 fully saturated rings. The standard InChI is InChI=1S/C16H35O3P/c1-5-9-11-12-14-18-20(17,8-4)19-15-16(7-3)13-10-6-2/h16H,5-15H2,1-4H3. The summed E-state index contributed by atoms with van der Waals surface area (Å²) < 4.78 is 23.7. The predicted octanol–water partition coefficient (Wildman–Crippen LogP) is 6.03. The van der Waals surface area contributed by atoms with E-state index in [1.165, 1.54) is 25.7 Å². The number of hydrogen-bond donors (Lipinski definition) is 0. The van der Waals surface area contributed by atoms with E-state index in [0.717, 1.165) is 25.7 Å². The van der Waals surface area contributed by atoms with Crippen molar-refractivity contribution in [3.8, 4) is 0 Å². The molecule has 0 N–H and O–H groups in total. The fraction of sp³-hybridized carbons (Fsp3) is 1.00. The Hall–Kier alpha value is 0.150. The third kappa shape index (κ3) is 9.96. The van der Waals surface area contributed by atoms with Gasteiger partial charge in [-0.3, -0.25) is 4.57 Å². The van der Waals surface area contributed by atoms with Crippen molar-refractivity contribution in [2.75, 3.05) is 19.4 Å². The normalized spacial score (nSPS) is 16.0. The van der Waals surface area contributed by atoms with Crippen molar-refractivity contribution in [1.82, 2.24) is 0 Å². The number of hydrogen-bond acceptors (Lipinski definition) is 3. The van der Waals surface area contributed by atoms with E-state index in [2.05, 4.69) is 20.8 Å². The molecule has 20 heavy (non-hydrogen) atoms. The van der Waals surface area contributed by atoms with Gasteiger partial charge in [-0.25, -0.2) is 0 Å². The summed E-state index contributed by atoms with van der Waals surface area (Å²) in [6.07, 6.45) is 9.69. The molecule has 0 aliphatic rings. The lowest BCUT2D eigenvalue weighted by Crippen LogP contribution is -2.10. The minimum absolute atomic E-state index is 0.477. The summed E-state index contributed by atoms with van der Waals surface area (Å²) in [5.74, 6) is 0.513. The average Bonchev–Trinajstić information content (AvgIpc) is 2.47. The lowest BCUT2D eigenvalue weighted by Gasteiger charge is -2.21. The smallest absolute Gasteiger partial charge is 0.309 e. The minimum Gasteiger partial charge on any atom is -0.309 e. The minimum atomic E-state index is -2.85. The molecule has 2 atom stereocenters. The van der Waals surface area contributed by atoms with Crippen molar-refractivity contribution in [2.45, 2.75) is 79.1 Å². The molecule has 3 nitrogen and oxygen atoms in total. The van der Waals surface area contributed by atoms with Crippen molar-refractivity contribution in [1.29, 1.82) is 0 Å². The van der Waals surface area contributed by atoms with Crippen LogP contribution in [0, 0.1) is 5.92 Å². The third-order valence-corrected chi connectivity index (χ3v) is 5.62. The van der Waals surface area contributed by atoms with Crippen LogP contribution in [-0.4, -0.2) is 19.4 Å². The largest absolute Gasteiger partial charge is 0.330 e. The number of unbranched alkanes of at least 4 members (excludes halogenated alkanes) is 4. The molecule has 0 radical (unpaired) electrons. The quantitative estimate of drug-likeness (QED) is 0.290. The Labute approximate surface area is 126 Å². The van der Waals surface area contributed by atoms with Crippen molar-refractivity contribution < 1.29 is 13.6 Å². The van der Waals surface area contributed by atoms with E-state index in [0.29, 0.717) is 25.3 Å². The van der Waals surface area contributed by atoms with Gasteiger partial charge in [0, 0.05) is 6.16 Å². The molecule has 0 aromatic carbocycles. The Kier molecular flexibility index (Phi) is 13.0. The van der Waals surface area contributed by atoms with Gasteiger partial charge in [-0.2, -0.15) is 0 Å². The second kappa shape index (κ2) is 12.9. The topological polar surface area (TPSA) is 35.5 Å². The zero-order chi connectivity index (χ0) is 15.3. The Morgan fingerprint density at radius 1 is 0.900 bits per heavy atom. The predicted molar refractivity (Wildman–Crippen MR) is 87.5 cm³/mol. The summed E-state index contributed by atoms with van der Waals surface area (Å²) in [5.41, 5.74) is 0. The van der Waals surface area contributed by atoms with Gasteiger partial charge in [0.15, 0.2) is 0 Å². The van der Waals surface area contributed by atoms with E-state index in [1.54, 1.807) is 0 Å². The highest BCUT2D eigenvalue weighted by molar-refractivity contribution is 7.53. The summed E-state index contributed by atoms with van der Waals surface area (Å²) in [4.78, 5) is 0. The molecular formula is C16H35O3P. The maximum atomic E-state index is 12.5. The average molecular weight is 306 g/mol. The first-order chi connectivity index (χ1) is 9.61. The monoisotopic (exact) mass is 306 g/mol. The molecule has 0 aliphatic heterocycles. The maximum absolute atomic E-state index is 12.5. The van der Waals surface area contributed by atoms with Gasteiger partial charge in [0.25, 0.3) is 0 Å². The molecule has 4 heteroatoms. The summed E-state index contributed by atoms with van der Waals surface area (Å²) >= 11 is 0. The Balaban J connectivity index is 3.99. The van der Waals surface area contributed by atoms with Crippen LogP contribution in [0.15, 0.2) is 0 Å². The van der Waals surface area contributed by atoms with Gasteiger partial charge < -0.3 is 9.05 Å². The molecule has 0 heterocycles. The molecule has 0 spiro atoms. The van der Waals surface area contributed by atoms with Crippen LogP contribution >= 0.6 is 7.60 Å². The van der Waals surface area contributed by atoms with E-state index >= 15 is 0 Å². The Bertz CT molecular complexity index is 256. The Morgan fingerprint density at radius 2 is 1.60 bits per heavy atom. The van der Waals surface area contributed by atoms with Crippen LogP contribution in [-0.2, 0) is 13.6 Å². The highest BCUT2D eigenvalue weighted by atomic mass is 31.2. The van der Waals surface area contributed by atoms with Crippen LogP contribution in [0.1, 0.15) is 79.1 Å². The molecule has 0 bridgehead atoms. The number of rotatable bonds is 14. The van der Waals surface area contributed by atoms with Crippen LogP contribution in [0.25, 0.3) is 0 Å². The van der Waals surface area contributed by atoms with Gasteiger partial charge in [-0.05, 0) is 18.8 Å². The second-order valence-electron chi connectivity index (χ2n) is 5.53. The summed E-state index contributed by atoms with van der Waals surface area (Å²) in [6, 6.07) is 0. The van der Waals surface area contributed by atoms with E-state index < -0.39 is 7.60 Å². The van der Waals surface area contributed by atoms with Crippen molar-refractivity contribution in [2.24, 2.45) is 5.92 Å². The van der Waals surface area contributed by atoms with Gasteiger partial charge in [0.2, 0.25) is 0 Å². The summed E-state index contributed by atoms with van der Waals surface area (Å²) in [7, 11) is -2.85. The van der Waals surface area contributed by atoms with Gasteiger partial charge in [0.1, 0.15) is 0 Å². The van der Waals surface area contributed by atoms with E-state index in [1.807, 2.05) is 6.92 Å². The molecular weight excluding hydrogens is 271 g/mol. The van der Waals surface area contributed by atoms with Crippen LogP contribution in [0.4, 0.5) is 0 Å². The molecule has 0 aromatic heterocycles. The first-order valence-corrected chi connectivity index (χ1v) is 10.2. The van der Waals surface area contributed by atoms with Gasteiger partial charge in [0.05, 0.1) is 13.2 Å². The summed E-state index contributed by atoms with van der Waals surface area (Å²) in [5, 5.41) is 0. The first kappa shape index (κ1) is 20.1. The molecule has 0 amide bonds. The van der Waals surface area contributed by atoms with Crippen LogP contribution in [0.5, 0.6) is 0 Å². The fourth-order valence-electron chi connectivity index (χ4n) is 2.07. The van der Waals surface area contributed by atoms with Gasteiger partial charge in [-0.15, -0.1) is 0 Å². The van der Waals surface area contributed by atoms with Crippen LogP contribution < -0.4 is 0 Å². The highest BCUT2D eigenvalue weighted by Crippen LogP contribution is 2.48. The van der Waals surface area contributed by atoms with Gasteiger partial charge in [-0.1, -0.05) is 66.2 Å². The van der Waals surface area contributed by atoms with Crippen molar-refractivity contribution >= 4 is 7.60 Å². The van der Waals surface area contributed by atoms with E-state index in [9.17, 15) is 4.57 Å². The van der Waals surface area contributed by atoms with Crippen molar-refractivity contribution in [3.05, 3.63) is 0 Å². The second-order valence-corrected chi connectivity index (χ2v) is 7.90.